The molecule has 3 N–H and O–H groups in total. The molecule has 2 rings (SSSR count). The summed E-state index contributed by atoms with van der Waals surface area (Å²) in [5, 5.41) is 9.58. The van der Waals surface area contributed by atoms with Crippen LogP contribution in [-0.2, 0) is 4.79 Å². The van der Waals surface area contributed by atoms with Crippen LogP contribution in [0.4, 0.5) is 0 Å². The molecule has 2 aliphatic rings. The summed E-state index contributed by atoms with van der Waals surface area (Å²) in [5.74, 6) is 2.06. The molecule has 1 heterocycles. The fourth-order valence-electron chi connectivity index (χ4n) is 3.13. The molecule has 1 aliphatic carbocycles. The molecule has 6 heteroatoms. The predicted octanol–water partition coefficient (Wildman–Crippen LogP) is 1.19. The quantitative estimate of drug-likeness (QED) is 0.336. The molecular weight excluding hydrogens is 302 g/mol. The number of nitrogens with one attached hydrogen (secondary N) is 3. The van der Waals surface area contributed by atoms with Crippen LogP contribution >= 0.6 is 0 Å². The molecule has 1 aliphatic heterocycles. The molecule has 0 aromatic rings. The fraction of sp³-hybridized carbons (Fsp3) is 0.889. The monoisotopic (exact) mass is 337 g/mol. The number of amides is 1. The average Bonchev–Trinajstić information content (AvgIpc) is 3.43. The second kappa shape index (κ2) is 10.5. The third-order valence-corrected chi connectivity index (χ3v) is 4.76. The van der Waals surface area contributed by atoms with Gasteiger partial charge in [-0.3, -0.25) is 9.79 Å². The first-order chi connectivity index (χ1) is 11.7. The van der Waals surface area contributed by atoms with Crippen molar-refractivity contribution in [3.63, 3.8) is 0 Å². The van der Waals surface area contributed by atoms with Crippen LogP contribution in [0.2, 0.25) is 0 Å². The molecular formula is C18H35N5O. The number of carbonyl (C=O) groups excluding carboxylic acids is 1. The molecule has 0 aromatic heterocycles. The lowest BCUT2D eigenvalue weighted by atomic mass is 9.97. The van der Waals surface area contributed by atoms with Crippen molar-refractivity contribution in [2.45, 2.75) is 46.0 Å². The van der Waals surface area contributed by atoms with Crippen LogP contribution in [0, 0.1) is 11.8 Å². The van der Waals surface area contributed by atoms with E-state index in [9.17, 15) is 4.79 Å². The zero-order chi connectivity index (χ0) is 17.2. The van der Waals surface area contributed by atoms with Gasteiger partial charge in [0.25, 0.3) is 0 Å². The van der Waals surface area contributed by atoms with Gasteiger partial charge in [-0.25, -0.2) is 0 Å². The molecule has 1 saturated carbocycles. The van der Waals surface area contributed by atoms with E-state index in [1.165, 1.54) is 38.9 Å². The van der Waals surface area contributed by atoms with E-state index in [2.05, 4.69) is 34.7 Å². The molecule has 138 valence electrons. The molecule has 0 radical (unpaired) electrons. The number of rotatable bonds is 9. The van der Waals surface area contributed by atoms with E-state index in [4.69, 9.17) is 4.99 Å². The Morgan fingerprint density at radius 1 is 1.04 bits per heavy atom. The van der Waals surface area contributed by atoms with E-state index in [1.54, 1.807) is 0 Å². The Bertz CT molecular complexity index is 400. The van der Waals surface area contributed by atoms with Gasteiger partial charge in [-0.2, -0.15) is 0 Å². The number of carbonyl (C=O) groups is 1. The number of aliphatic imine (C=N–C) groups is 1. The van der Waals surface area contributed by atoms with Crippen molar-refractivity contribution in [3.05, 3.63) is 0 Å². The highest BCUT2D eigenvalue weighted by atomic mass is 16.2. The van der Waals surface area contributed by atoms with Gasteiger partial charge in [0.05, 0.1) is 0 Å². The second-order valence-corrected chi connectivity index (χ2v) is 7.00. The van der Waals surface area contributed by atoms with Gasteiger partial charge in [-0.1, -0.05) is 6.92 Å². The van der Waals surface area contributed by atoms with Crippen LogP contribution in [-0.4, -0.2) is 62.6 Å². The molecule has 6 nitrogen and oxygen atoms in total. The van der Waals surface area contributed by atoms with Crippen molar-refractivity contribution < 1.29 is 4.79 Å². The second-order valence-electron chi connectivity index (χ2n) is 7.00. The van der Waals surface area contributed by atoms with Crippen LogP contribution in [0.25, 0.3) is 0 Å². The Morgan fingerprint density at radius 3 is 2.38 bits per heavy atom. The summed E-state index contributed by atoms with van der Waals surface area (Å²) in [6, 6.07) is 0. The van der Waals surface area contributed by atoms with Gasteiger partial charge in [0.15, 0.2) is 5.96 Å². The van der Waals surface area contributed by atoms with Crippen LogP contribution < -0.4 is 16.0 Å². The lowest BCUT2D eigenvalue weighted by Gasteiger charge is -2.31. The number of hydrogen-bond acceptors (Lipinski definition) is 3. The maximum atomic E-state index is 11.6. The van der Waals surface area contributed by atoms with Gasteiger partial charge >= 0.3 is 0 Å². The summed E-state index contributed by atoms with van der Waals surface area (Å²) in [7, 11) is 0. The highest BCUT2D eigenvalue weighted by Crippen LogP contribution is 2.28. The summed E-state index contributed by atoms with van der Waals surface area (Å²) >= 11 is 0. The van der Waals surface area contributed by atoms with E-state index < -0.39 is 0 Å². The van der Waals surface area contributed by atoms with E-state index in [0.717, 1.165) is 38.4 Å². The Kier molecular flexibility index (Phi) is 8.36. The summed E-state index contributed by atoms with van der Waals surface area (Å²) in [5.41, 5.74) is 0. The van der Waals surface area contributed by atoms with Crippen molar-refractivity contribution in [2.75, 3.05) is 45.8 Å². The third-order valence-electron chi connectivity index (χ3n) is 4.76. The number of nitrogens with zero attached hydrogens (tertiary/aromatic N) is 2. The van der Waals surface area contributed by atoms with Gasteiger partial charge in [0.2, 0.25) is 5.91 Å². The van der Waals surface area contributed by atoms with Crippen molar-refractivity contribution >= 4 is 11.9 Å². The summed E-state index contributed by atoms with van der Waals surface area (Å²) in [6.45, 7) is 11.1. The van der Waals surface area contributed by atoms with Crippen molar-refractivity contribution in [1.29, 1.82) is 0 Å². The Labute approximate surface area is 146 Å². The molecule has 0 unspecified atom stereocenters. The van der Waals surface area contributed by atoms with Gasteiger partial charge in [-0.15, -0.1) is 0 Å². The molecule has 0 aromatic carbocycles. The standard InChI is InChI=1S/C18H35N5O/c1-3-11-23-12-7-15(8-13-23)14-22-18(19-4-2)21-10-9-20-17(24)16-5-6-16/h15-16H,3-14H2,1-2H3,(H,20,24)(H2,19,21,22). The van der Waals surface area contributed by atoms with Crippen molar-refractivity contribution in [2.24, 2.45) is 16.8 Å². The van der Waals surface area contributed by atoms with Gasteiger partial charge < -0.3 is 20.9 Å². The zero-order valence-electron chi connectivity index (χ0n) is 15.4. The lowest BCUT2D eigenvalue weighted by Crippen LogP contribution is -2.42. The topological polar surface area (TPSA) is 68.8 Å². The van der Waals surface area contributed by atoms with Crippen molar-refractivity contribution in [3.8, 4) is 0 Å². The smallest absolute Gasteiger partial charge is 0.223 e. The number of hydrogen-bond donors (Lipinski definition) is 3. The third kappa shape index (κ3) is 7.07. The summed E-state index contributed by atoms with van der Waals surface area (Å²) in [6.07, 6.45) is 5.86. The first kappa shape index (κ1) is 19.0. The highest BCUT2D eigenvalue weighted by Gasteiger charge is 2.28. The minimum atomic E-state index is 0.206. The maximum Gasteiger partial charge on any atom is 0.223 e. The first-order valence-corrected chi connectivity index (χ1v) is 9.75. The highest BCUT2D eigenvalue weighted by molar-refractivity contribution is 5.81. The van der Waals surface area contributed by atoms with Crippen LogP contribution in [0.3, 0.4) is 0 Å². The molecule has 1 saturated heterocycles. The van der Waals surface area contributed by atoms with Gasteiger partial charge in [0, 0.05) is 32.1 Å². The average molecular weight is 338 g/mol. The van der Waals surface area contributed by atoms with E-state index in [1.807, 2.05) is 0 Å². The maximum absolute atomic E-state index is 11.6. The minimum absolute atomic E-state index is 0.206. The van der Waals surface area contributed by atoms with Crippen molar-refractivity contribution in [1.82, 2.24) is 20.9 Å². The number of likely N-dealkylation sites (tertiary alicyclic amines) is 1. The van der Waals surface area contributed by atoms with E-state index >= 15 is 0 Å². The Balaban J connectivity index is 1.63. The molecule has 2 fully saturated rings. The normalized spacial score (nSPS) is 20.0. The largest absolute Gasteiger partial charge is 0.357 e. The zero-order valence-corrected chi connectivity index (χ0v) is 15.4. The predicted molar refractivity (Wildman–Crippen MR) is 99.2 cm³/mol. The Morgan fingerprint density at radius 2 is 1.75 bits per heavy atom. The molecule has 0 bridgehead atoms. The lowest BCUT2D eigenvalue weighted by molar-refractivity contribution is -0.122. The molecule has 0 spiro atoms. The number of piperidine rings is 1. The fourth-order valence-corrected chi connectivity index (χ4v) is 3.13. The number of guanidine groups is 1. The SMILES string of the molecule is CCCN1CCC(CN=C(NCC)NCCNC(=O)C2CC2)CC1. The molecule has 1 amide bonds. The van der Waals surface area contributed by atoms with Gasteiger partial charge in [-0.05, 0) is 64.6 Å². The van der Waals surface area contributed by atoms with Crippen LogP contribution in [0.15, 0.2) is 4.99 Å². The summed E-state index contributed by atoms with van der Waals surface area (Å²) in [4.78, 5) is 18.9. The van der Waals surface area contributed by atoms with Crippen LogP contribution in [0.5, 0.6) is 0 Å². The minimum Gasteiger partial charge on any atom is -0.357 e. The van der Waals surface area contributed by atoms with E-state index in [-0.39, 0.29) is 11.8 Å². The molecule has 24 heavy (non-hydrogen) atoms. The van der Waals surface area contributed by atoms with E-state index in [0.29, 0.717) is 12.5 Å². The van der Waals surface area contributed by atoms with Gasteiger partial charge in [0.1, 0.15) is 0 Å². The Hall–Kier alpha value is -1.30. The first-order valence-electron chi connectivity index (χ1n) is 9.75. The van der Waals surface area contributed by atoms with Crippen LogP contribution in [0.1, 0.15) is 46.0 Å². The molecule has 0 atom stereocenters. The summed E-state index contributed by atoms with van der Waals surface area (Å²) < 4.78 is 0.